The van der Waals surface area contributed by atoms with Gasteiger partial charge in [0.2, 0.25) is 11.9 Å². The van der Waals surface area contributed by atoms with Crippen LogP contribution in [-0.4, -0.2) is 21.1 Å². The van der Waals surface area contributed by atoms with E-state index in [1.54, 1.807) is 0 Å². The fraction of sp³-hybridized carbons (Fsp3) is 0.250. The number of benzene rings is 2. The lowest BCUT2D eigenvalue weighted by molar-refractivity contribution is 0.222. The van der Waals surface area contributed by atoms with E-state index in [2.05, 4.69) is 25.6 Å². The Morgan fingerprint density at radius 3 is 1.57 bits per heavy atom. The van der Waals surface area contributed by atoms with Crippen molar-refractivity contribution in [3.05, 3.63) is 69.7 Å². The van der Waals surface area contributed by atoms with Gasteiger partial charge in [0, 0.05) is 23.1 Å². The number of nitrogens with zero attached hydrogens (tertiary/aromatic N) is 3. The van der Waals surface area contributed by atoms with Crippen molar-refractivity contribution in [3.63, 3.8) is 0 Å². The normalized spacial score (nSPS) is 10.8. The molecule has 0 radical (unpaired) electrons. The van der Waals surface area contributed by atoms with Gasteiger partial charge in [0.1, 0.15) is 0 Å². The molecular weight excluding hydrogens is 397 g/mol. The minimum Gasteiger partial charge on any atom is -0.461 e. The molecule has 146 valence electrons. The van der Waals surface area contributed by atoms with Crippen molar-refractivity contribution in [1.29, 1.82) is 0 Å². The van der Waals surface area contributed by atoms with Gasteiger partial charge in [-0.1, -0.05) is 47.5 Å². The van der Waals surface area contributed by atoms with Gasteiger partial charge in [-0.15, -0.1) is 0 Å². The molecule has 0 aliphatic heterocycles. The average molecular weight is 418 g/mol. The third kappa shape index (κ3) is 6.25. The molecule has 0 amide bonds. The Kier molecular flexibility index (Phi) is 6.90. The summed E-state index contributed by atoms with van der Waals surface area (Å²) in [4.78, 5) is 13.1. The van der Waals surface area contributed by atoms with E-state index in [0.717, 1.165) is 11.1 Å². The molecule has 0 aliphatic rings. The molecule has 0 saturated heterocycles. The van der Waals surface area contributed by atoms with Crippen LogP contribution in [0.3, 0.4) is 0 Å². The average Bonchev–Trinajstić information content (AvgIpc) is 2.66. The smallest absolute Gasteiger partial charge is 0.323 e. The van der Waals surface area contributed by atoms with E-state index in [1.807, 2.05) is 62.4 Å². The van der Waals surface area contributed by atoms with Crippen LogP contribution in [0.5, 0.6) is 6.01 Å². The maximum Gasteiger partial charge on any atom is 0.323 e. The number of hydrogen-bond acceptors (Lipinski definition) is 6. The molecule has 0 unspecified atom stereocenters. The van der Waals surface area contributed by atoms with Gasteiger partial charge in [0.25, 0.3) is 0 Å². The number of ether oxygens (including phenoxy) is 1. The first-order valence-corrected chi connectivity index (χ1v) is 9.63. The summed E-state index contributed by atoms with van der Waals surface area (Å²) in [6, 6.07) is 15.4. The lowest BCUT2D eigenvalue weighted by Crippen LogP contribution is -2.14. The van der Waals surface area contributed by atoms with E-state index < -0.39 is 0 Å². The van der Waals surface area contributed by atoms with Crippen LogP contribution in [0.2, 0.25) is 10.0 Å². The molecule has 6 nitrogen and oxygen atoms in total. The summed E-state index contributed by atoms with van der Waals surface area (Å²) in [6.07, 6.45) is -0.0457. The molecule has 0 atom stereocenters. The zero-order valence-electron chi connectivity index (χ0n) is 15.6. The van der Waals surface area contributed by atoms with Gasteiger partial charge in [0.15, 0.2) is 0 Å². The van der Waals surface area contributed by atoms with Crippen molar-refractivity contribution in [2.45, 2.75) is 33.0 Å². The zero-order valence-corrected chi connectivity index (χ0v) is 17.1. The van der Waals surface area contributed by atoms with Crippen molar-refractivity contribution in [2.75, 3.05) is 10.6 Å². The number of nitrogens with one attached hydrogen (secondary N) is 2. The molecular formula is C20H21Cl2N5O. The minimum absolute atomic E-state index is 0.0457. The molecule has 0 bridgehead atoms. The van der Waals surface area contributed by atoms with E-state index in [0.29, 0.717) is 35.0 Å². The summed E-state index contributed by atoms with van der Waals surface area (Å²) < 4.78 is 5.65. The van der Waals surface area contributed by atoms with Gasteiger partial charge < -0.3 is 15.4 Å². The molecule has 1 heterocycles. The van der Waals surface area contributed by atoms with Crippen molar-refractivity contribution in [1.82, 2.24) is 15.0 Å². The Hall–Kier alpha value is -2.57. The molecule has 0 fully saturated rings. The van der Waals surface area contributed by atoms with Crippen LogP contribution in [0.25, 0.3) is 0 Å². The molecule has 0 saturated carbocycles. The Labute approximate surface area is 174 Å². The number of hydrogen-bond donors (Lipinski definition) is 2. The van der Waals surface area contributed by atoms with Gasteiger partial charge in [-0.25, -0.2) is 0 Å². The molecule has 3 rings (SSSR count). The number of rotatable bonds is 8. The number of aromatic nitrogens is 3. The summed E-state index contributed by atoms with van der Waals surface area (Å²) in [7, 11) is 0. The second-order valence-corrected chi connectivity index (χ2v) is 7.26. The van der Waals surface area contributed by atoms with Gasteiger partial charge in [-0.05, 0) is 49.2 Å². The highest BCUT2D eigenvalue weighted by Gasteiger charge is 2.09. The van der Waals surface area contributed by atoms with E-state index in [9.17, 15) is 0 Å². The molecule has 28 heavy (non-hydrogen) atoms. The highest BCUT2D eigenvalue weighted by Crippen LogP contribution is 2.16. The van der Waals surface area contributed by atoms with E-state index in [-0.39, 0.29) is 12.1 Å². The lowest BCUT2D eigenvalue weighted by Gasteiger charge is -2.12. The van der Waals surface area contributed by atoms with Gasteiger partial charge >= 0.3 is 6.01 Å². The van der Waals surface area contributed by atoms with Crippen LogP contribution in [0, 0.1) is 0 Å². The minimum atomic E-state index is -0.0457. The molecule has 0 spiro atoms. The molecule has 8 heteroatoms. The fourth-order valence-corrected chi connectivity index (χ4v) is 2.60. The molecule has 1 aromatic heterocycles. The van der Waals surface area contributed by atoms with Gasteiger partial charge in [-0.2, -0.15) is 15.0 Å². The van der Waals surface area contributed by atoms with Crippen molar-refractivity contribution < 1.29 is 4.74 Å². The SMILES string of the molecule is CC(C)Oc1nc(NCc2ccc(Cl)cc2)nc(NCc2ccc(Cl)cc2)n1. The molecule has 3 aromatic rings. The summed E-state index contributed by atoms with van der Waals surface area (Å²) in [6.45, 7) is 4.95. The van der Waals surface area contributed by atoms with E-state index in [1.165, 1.54) is 0 Å². The van der Waals surface area contributed by atoms with E-state index >= 15 is 0 Å². The Morgan fingerprint density at radius 1 is 0.750 bits per heavy atom. The first kappa shape index (κ1) is 20.2. The van der Waals surface area contributed by atoms with Crippen molar-refractivity contribution in [2.24, 2.45) is 0 Å². The predicted molar refractivity (Wildman–Crippen MR) is 113 cm³/mol. The molecule has 2 aromatic carbocycles. The first-order chi connectivity index (χ1) is 13.5. The largest absolute Gasteiger partial charge is 0.461 e. The summed E-state index contributed by atoms with van der Waals surface area (Å²) in [5.41, 5.74) is 2.12. The zero-order chi connectivity index (χ0) is 19.9. The van der Waals surface area contributed by atoms with Gasteiger partial charge in [0.05, 0.1) is 6.10 Å². The third-order valence-corrected chi connectivity index (χ3v) is 4.19. The Balaban J connectivity index is 1.71. The maximum atomic E-state index is 5.93. The second-order valence-electron chi connectivity index (χ2n) is 6.39. The first-order valence-electron chi connectivity index (χ1n) is 8.87. The van der Waals surface area contributed by atoms with Crippen LogP contribution in [0.1, 0.15) is 25.0 Å². The third-order valence-electron chi connectivity index (χ3n) is 3.68. The summed E-state index contributed by atoms with van der Waals surface area (Å²) in [5, 5.41) is 7.79. The van der Waals surface area contributed by atoms with Crippen LogP contribution in [-0.2, 0) is 13.1 Å². The monoisotopic (exact) mass is 417 g/mol. The van der Waals surface area contributed by atoms with Crippen LogP contribution in [0.15, 0.2) is 48.5 Å². The molecule has 2 N–H and O–H groups in total. The highest BCUT2D eigenvalue weighted by atomic mass is 35.5. The van der Waals surface area contributed by atoms with Crippen LogP contribution >= 0.6 is 23.2 Å². The topological polar surface area (TPSA) is 72.0 Å². The standard InChI is InChI=1S/C20H21Cl2N5O/c1-13(2)28-20-26-18(23-11-14-3-7-16(21)8-4-14)25-19(27-20)24-12-15-5-9-17(22)10-6-15/h3-10,13H,11-12H2,1-2H3,(H2,23,24,25,26,27). The van der Waals surface area contributed by atoms with Crippen LogP contribution < -0.4 is 15.4 Å². The van der Waals surface area contributed by atoms with Crippen molar-refractivity contribution >= 4 is 35.1 Å². The fourth-order valence-electron chi connectivity index (χ4n) is 2.34. The second kappa shape index (κ2) is 9.57. The predicted octanol–water partition coefficient (Wildman–Crippen LogP) is 5.19. The highest BCUT2D eigenvalue weighted by molar-refractivity contribution is 6.30. The van der Waals surface area contributed by atoms with E-state index in [4.69, 9.17) is 27.9 Å². The quantitative estimate of drug-likeness (QED) is 0.525. The Bertz CT molecular complexity index is 834. The van der Waals surface area contributed by atoms with Crippen LogP contribution in [0.4, 0.5) is 11.9 Å². The number of anilines is 2. The molecule has 0 aliphatic carbocycles. The maximum absolute atomic E-state index is 5.93. The summed E-state index contributed by atoms with van der Waals surface area (Å²) in [5.74, 6) is 0.860. The Morgan fingerprint density at radius 2 is 1.18 bits per heavy atom. The number of halogens is 2. The summed E-state index contributed by atoms with van der Waals surface area (Å²) >= 11 is 11.9. The van der Waals surface area contributed by atoms with Gasteiger partial charge in [-0.3, -0.25) is 0 Å². The lowest BCUT2D eigenvalue weighted by atomic mass is 10.2. The van der Waals surface area contributed by atoms with Crippen molar-refractivity contribution in [3.8, 4) is 6.01 Å².